The van der Waals surface area contributed by atoms with Gasteiger partial charge in [0, 0.05) is 36.1 Å². The number of carbonyl (C=O) groups is 1. The third-order valence-electron chi connectivity index (χ3n) is 5.18. The molecule has 0 spiro atoms. The fourth-order valence-corrected chi connectivity index (χ4v) is 3.44. The standard InChI is InChI=1S/C22H22N8O3/c1-12(31)25-15-3-2-4-16(8-15)26-18-9-19(23-10-13-5-6-13)30-20(28-18)14(11-24-30)7-17-21(32)29-22(33)27-17/h2-4,7-9,11,13,26,32H,5-6,10H2,1H3,(H,25,31)(H2,27,29,33)/b14-7-,23-19?. The number of amides is 1. The van der Waals surface area contributed by atoms with Crippen LogP contribution in [0.15, 0.2) is 46.3 Å². The zero-order valence-corrected chi connectivity index (χ0v) is 17.8. The normalized spacial score (nSPS) is 14.7. The van der Waals surface area contributed by atoms with E-state index in [1.807, 2.05) is 18.2 Å². The Morgan fingerprint density at radius 1 is 1.30 bits per heavy atom. The Labute approximate surface area is 186 Å². The number of benzene rings is 1. The van der Waals surface area contributed by atoms with Gasteiger partial charge in [-0.1, -0.05) is 6.07 Å². The topological polar surface area (TPSA) is 153 Å². The van der Waals surface area contributed by atoms with Crippen LogP contribution < -0.4 is 27.0 Å². The van der Waals surface area contributed by atoms with Crippen molar-refractivity contribution >= 4 is 34.8 Å². The second-order valence-electron chi connectivity index (χ2n) is 7.99. The van der Waals surface area contributed by atoms with Crippen molar-refractivity contribution in [2.45, 2.75) is 19.8 Å². The highest BCUT2D eigenvalue weighted by molar-refractivity contribution is 5.89. The average Bonchev–Trinajstić information content (AvgIpc) is 3.42. The Balaban J connectivity index is 1.60. The Morgan fingerprint density at radius 3 is 2.85 bits per heavy atom. The van der Waals surface area contributed by atoms with Crippen LogP contribution in [0.25, 0.3) is 11.7 Å². The van der Waals surface area contributed by atoms with Crippen LogP contribution in [0.4, 0.5) is 17.2 Å². The van der Waals surface area contributed by atoms with Gasteiger partial charge in [0.25, 0.3) is 0 Å². The highest BCUT2D eigenvalue weighted by Gasteiger charge is 2.20. The van der Waals surface area contributed by atoms with Crippen LogP contribution in [0.3, 0.4) is 0 Å². The first-order chi connectivity index (χ1) is 15.9. The molecule has 0 saturated heterocycles. The van der Waals surface area contributed by atoms with Crippen molar-refractivity contribution in [2.75, 3.05) is 17.2 Å². The molecule has 11 nitrogen and oxygen atoms in total. The van der Waals surface area contributed by atoms with Gasteiger partial charge in [0.1, 0.15) is 11.5 Å². The van der Waals surface area contributed by atoms with E-state index < -0.39 is 5.69 Å². The van der Waals surface area contributed by atoms with Crippen LogP contribution in [-0.4, -0.2) is 42.1 Å². The molecule has 0 aliphatic heterocycles. The van der Waals surface area contributed by atoms with Crippen molar-refractivity contribution in [3.8, 4) is 5.88 Å². The molecule has 1 saturated carbocycles. The number of hydrogen-bond donors (Lipinski definition) is 5. The molecule has 1 fully saturated rings. The summed E-state index contributed by atoms with van der Waals surface area (Å²) in [5.41, 5.74) is 2.27. The number of anilines is 3. The summed E-state index contributed by atoms with van der Waals surface area (Å²) in [7, 11) is 0. The average molecular weight is 446 g/mol. The van der Waals surface area contributed by atoms with E-state index in [-0.39, 0.29) is 17.5 Å². The lowest BCUT2D eigenvalue weighted by molar-refractivity contribution is -0.114. The van der Waals surface area contributed by atoms with Gasteiger partial charge in [-0.3, -0.25) is 14.8 Å². The molecule has 1 amide bonds. The molecule has 11 heteroatoms. The van der Waals surface area contributed by atoms with Gasteiger partial charge >= 0.3 is 5.69 Å². The molecule has 1 aliphatic rings. The summed E-state index contributed by atoms with van der Waals surface area (Å²) >= 11 is 0. The van der Waals surface area contributed by atoms with Crippen molar-refractivity contribution in [1.82, 2.24) is 24.6 Å². The monoisotopic (exact) mass is 446 g/mol. The van der Waals surface area contributed by atoms with Crippen LogP contribution in [0.1, 0.15) is 25.5 Å². The molecule has 5 rings (SSSR count). The smallest absolute Gasteiger partial charge is 0.326 e. The molecule has 0 atom stereocenters. The number of aromatic hydroxyl groups is 1. The van der Waals surface area contributed by atoms with E-state index >= 15 is 0 Å². The summed E-state index contributed by atoms with van der Waals surface area (Å²) in [4.78, 5) is 37.1. The molecule has 168 valence electrons. The molecule has 33 heavy (non-hydrogen) atoms. The van der Waals surface area contributed by atoms with Gasteiger partial charge in [-0.25, -0.2) is 9.78 Å². The Bertz CT molecular complexity index is 1530. The number of nitrogens with one attached hydrogen (secondary N) is 4. The van der Waals surface area contributed by atoms with Gasteiger partial charge in [-0.05, 0) is 43.0 Å². The van der Waals surface area contributed by atoms with Gasteiger partial charge in [0.05, 0.1) is 6.20 Å². The summed E-state index contributed by atoms with van der Waals surface area (Å²) in [5.74, 6) is 0.724. The molecule has 0 unspecified atom stereocenters. The zero-order valence-electron chi connectivity index (χ0n) is 17.8. The maximum absolute atomic E-state index is 11.5. The van der Waals surface area contributed by atoms with E-state index in [0.29, 0.717) is 40.3 Å². The minimum Gasteiger partial charge on any atom is -0.493 e. The number of H-pyrrole nitrogens is 2. The molecule has 3 heterocycles. The molecular weight excluding hydrogens is 424 g/mol. The van der Waals surface area contributed by atoms with E-state index in [2.05, 4.69) is 30.7 Å². The lowest BCUT2D eigenvalue weighted by atomic mass is 10.2. The summed E-state index contributed by atoms with van der Waals surface area (Å²) < 4.78 is 1.63. The van der Waals surface area contributed by atoms with Crippen molar-refractivity contribution in [3.05, 3.63) is 63.4 Å². The van der Waals surface area contributed by atoms with Crippen molar-refractivity contribution in [1.29, 1.82) is 0 Å². The summed E-state index contributed by atoms with van der Waals surface area (Å²) in [5, 5.41) is 20.9. The number of rotatable bonds is 6. The summed E-state index contributed by atoms with van der Waals surface area (Å²) in [6.07, 6.45) is 5.55. The van der Waals surface area contributed by atoms with Gasteiger partial charge in [0.15, 0.2) is 11.1 Å². The molecule has 0 bridgehead atoms. The maximum atomic E-state index is 11.5. The number of carbonyl (C=O) groups excluding carboxylic acids is 1. The van der Waals surface area contributed by atoms with Crippen LogP contribution >= 0.6 is 0 Å². The zero-order chi connectivity index (χ0) is 22.9. The minimum atomic E-state index is -0.510. The van der Waals surface area contributed by atoms with Crippen molar-refractivity contribution in [2.24, 2.45) is 10.9 Å². The Hall–Kier alpha value is -4.41. The Kier molecular flexibility index (Phi) is 5.13. The highest BCUT2D eigenvalue weighted by atomic mass is 16.3. The lowest BCUT2D eigenvalue weighted by Crippen LogP contribution is -2.20. The first-order valence-electron chi connectivity index (χ1n) is 10.5. The highest BCUT2D eigenvalue weighted by Crippen LogP contribution is 2.28. The third-order valence-corrected chi connectivity index (χ3v) is 5.18. The molecule has 0 radical (unpaired) electrons. The number of aromatic amines is 2. The van der Waals surface area contributed by atoms with E-state index in [4.69, 9.17) is 4.99 Å². The fourth-order valence-electron chi connectivity index (χ4n) is 3.44. The predicted molar refractivity (Wildman–Crippen MR) is 122 cm³/mol. The van der Waals surface area contributed by atoms with Crippen LogP contribution in [-0.2, 0) is 4.79 Å². The van der Waals surface area contributed by atoms with Crippen LogP contribution in [0.2, 0.25) is 0 Å². The van der Waals surface area contributed by atoms with Gasteiger partial charge in [-0.15, -0.1) is 0 Å². The molecule has 3 aromatic heterocycles. The predicted octanol–water partition coefficient (Wildman–Crippen LogP) is 1.01. The first-order valence-corrected chi connectivity index (χ1v) is 10.5. The van der Waals surface area contributed by atoms with E-state index in [0.717, 1.165) is 5.69 Å². The summed E-state index contributed by atoms with van der Waals surface area (Å²) in [6.45, 7) is 2.16. The number of hydrogen-bond acceptors (Lipinski definition) is 7. The van der Waals surface area contributed by atoms with Crippen LogP contribution in [0.5, 0.6) is 5.88 Å². The molecule has 4 aromatic rings. The minimum absolute atomic E-state index is 0.154. The van der Waals surface area contributed by atoms with Crippen LogP contribution in [0, 0.1) is 5.92 Å². The van der Waals surface area contributed by atoms with Gasteiger partial charge in [-0.2, -0.15) is 9.61 Å². The Morgan fingerprint density at radius 2 is 2.12 bits per heavy atom. The SMILES string of the molecule is CC(=O)Nc1cccc(Nc2cc(=NCC3CC3)n3nc/c(=C/c4[nH]c(=O)[nH]c4O)c3n2)c1. The van der Waals surface area contributed by atoms with E-state index in [1.165, 1.54) is 19.8 Å². The molecule has 1 aliphatic carbocycles. The second kappa shape index (κ2) is 8.26. The largest absolute Gasteiger partial charge is 0.493 e. The maximum Gasteiger partial charge on any atom is 0.326 e. The van der Waals surface area contributed by atoms with Gasteiger partial charge in [0.2, 0.25) is 11.8 Å². The van der Waals surface area contributed by atoms with E-state index in [9.17, 15) is 14.7 Å². The van der Waals surface area contributed by atoms with Gasteiger partial charge < -0.3 is 20.7 Å². The lowest BCUT2D eigenvalue weighted by Gasteiger charge is -2.09. The quantitative estimate of drug-likeness (QED) is 0.298. The molecule has 5 N–H and O–H groups in total. The number of aromatic nitrogens is 5. The first kappa shape index (κ1) is 20.5. The van der Waals surface area contributed by atoms with Crippen molar-refractivity contribution in [3.63, 3.8) is 0 Å². The van der Waals surface area contributed by atoms with E-state index in [1.54, 1.807) is 28.9 Å². The third kappa shape index (κ3) is 4.61. The van der Waals surface area contributed by atoms with Crippen molar-refractivity contribution < 1.29 is 9.90 Å². The fraction of sp³-hybridized carbons (Fsp3) is 0.227. The second-order valence-corrected chi connectivity index (χ2v) is 7.99. The number of imidazole rings is 1. The molecule has 1 aromatic carbocycles. The number of nitrogens with zero attached hydrogens (tertiary/aromatic N) is 4. The molecular formula is C22H22N8O3. The summed E-state index contributed by atoms with van der Waals surface area (Å²) in [6, 6.07) is 9.11. The number of fused-ring (bicyclic) bond motifs is 1.